The number of hydrogen-bond donors (Lipinski definition) is 2. The summed E-state index contributed by atoms with van der Waals surface area (Å²) in [5.41, 5.74) is 1.29. The Labute approximate surface area is 86.0 Å². The Hall–Kier alpha value is -0.860. The highest BCUT2D eigenvalue weighted by Gasteiger charge is 2.08. The van der Waals surface area contributed by atoms with Crippen molar-refractivity contribution in [2.45, 2.75) is 32.4 Å². The fraction of sp³-hybridized carbons (Fsp3) is 0.500. The van der Waals surface area contributed by atoms with Crippen molar-refractivity contribution < 1.29 is 5.11 Å². The van der Waals surface area contributed by atoms with Gasteiger partial charge in [0.05, 0.1) is 6.10 Å². The molecule has 0 aliphatic rings. The topological polar surface area (TPSA) is 32.3 Å². The molecule has 2 heteroatoms. The molecule has 0 aromatic heterocycles. The van der Waals surface area contributed by atoms with Gasteiger partial charge in [-0.05, 0) is 18.9 Å². The van der Waals surface area contributed by atoms with Gasteiger partial charge in [-0.3, -0.25) is 0 Å². The lowest BCUT2D eigenvalue weighted by atomic mass is 10.0. The van der Waals surface area contributed by atoms with Gasteiger partial charge in [0.25, 0.3) is 0 Å². The van der Waals surface area contributed by atoms with Crippen LogP contribution in [0.4, 0.5) is 0 Å². The standard InChI is InChI=1S/C12H19NO/c1-3-12(13-9-10(2)14)11-7-5-4-6-8-11/h4-8,10,12-14H,3,9H2,1-2H3/t10-,12+/m1/s1. The molecule has 0 unspecified atom stereocenters. The van der Waals surface area contributed by atoms with E-state index in [1.807, 2.05) is 18.2 Å². The second-order valence-electron chi connectivity index (χ2n) is 3.63. The van der Waals surface area contributed by atoms with Gasteiger partial charge in [-0.15, -0.1) is 0 Å². The molecule has 0 aliphatic carbocycles. The predicted octanol–water partition coefficient (Wildman–Crippen LogP) is 2.11. The molecule has 0 aliphatic heterocycles. The molecule has 1 rings (SSSR count). The fourth-order valence-corrected chi connectivity index (χ4v) is 1.50. The van der Waals surface area contributed by atoms with E-state index in [-0.39, 0.29) is 6.10 Å². The molecule has 1 aromatic carbocycles. The molecule has 14 heavy (non-hydrogen) atoms. The minimum Gasteiger partial charge on any atom is -0.392 e. The third kappa shape index (κ3) is 3.48. The zero-order valence-electron chi connectivity index (χ0n) is 8.90. The Morgan fingerprint density at radius 3 is 2.43 bits per heavy atom. The molecule has 0 radical (unpaired) electrons. The van der Waals surface area contributed by atoms with Crippen LogP contribution in [0.1, 0.15) is 31.9 Å². The third-order valence-electron chi connectivity index (χ3n) is 2.27. The highest BCUT2D eigenvalue weighted by atomic mass is 16.3. The van der Waals surface area contributed by atoms with E-state index >= 15 is 0 Å². The molecule has 0 fully saturated rings. The summed E-state index contributed by atoms with van der Waals surface area (Å²) in [4.78, 5) is 0. The van der Waals surface area contributed by atoms with Crippen LogP contribution in [-0.2, 0) is 0 Å². The Bertz CT molecular complexity index is 246. The SMILES string of the molecule is CC[C@H](NC[C@@H](C)O)c1ccccc1. The maximum Gasteiger partial charge on any atom is 0.0636 e. The van der Waals surface area contributed by atoms with E-state index in [2.05, 4.69) is 24.4 Å². The maximum absolute atomic E-state index is 9.18. The van der Waals surface area contributed by atoms with Crippen LogP contribution >= 0.6 is 0 Å². The Morgan fingerprint density at radius 1 is 1.29 bits per heavy atom. The average Bonchev–Trinajstić information content (AvgIpc) is 2.20. The van der Waals surface area contributed by atoms with Crippen molar-refractivity contribution in [2.75, 3.05) is 6.54 Å². The van der Waals surface area contributed by atoms with Crippen molar-refractivity contribution in [3.05, 3.63) is 35.9 Å². The molecule has 0 saturated heterocycles. The van der Waals surface area contributed by atoms with Gasteiger partial charge in [-0.2, -0.15) is 0 Å². The van der Waals surface area contributed by atoms with Crippen LogP contribution in [0, 0.1) is 0 Å². The molecule has 0 amide bonds. The number of rotatable bonds is 5. The fourth-order valence-electron chi connectivity index (χ4n) is 1.50. The first kappa shape index (κ1) is 11.2. The van der Waals surface area contributed by atoms with Crippen LogP contribution < -0.4 is 5.32 Å². The van der Waals surface area contributed by atoms with Crippen LogP contribution in [0.3, 0.4) is 0 Å². The first-order valence-electron chi connectivity index (χ1n) is 5.20. The highest BCUT2D eigenvalue weighted by Crippen LogP contribution is 2.15. The zero-order chi connectivity index (χ0) is 10.4. The van der Waals surface area contributed by atoms with Crippen LogP contribution in [0.2, 0.25) is 0 Å². The van der Waals surface area contributed by atoms with Gasteiger partial charge in [0, 0.05) is 12.6 Å². The Balaban J connectivity index is 2.54. The summed E-state index contributed by atoms with van der Waals surface area (Å²) in [6.45, 7) is 4.59. The summed E-state index contributed by atoms with van der Waals surface area (Å²) in [6, 6.07) is 10.7. The summed E-state index contributed by atoms with van der Waals surface area (Å²) in [5, 5.41) is 12.5. The molecule has 0 saturated carbocycles. The van der Waals surface area contributed by atoms with E-state index in [0.717, 1.165) is 6.42 Å². The number of benzene rings is 1. The molecule has 2 nitrogen and oxygen atoms in total. The van der Waals surface area contributed by atoms with E-state index in [1.165, 1.54) is 5.56 Å². The molecule has 0 spiro atoms. The number of aliphatic hydroxyl groups is 1. The van der Waals surface area contributed by atoms with E-state index in [1.54, 1.807) is 6.92 Å². The maximum atomic E-state index is 9.18. The normalized spacial score (nSPS) is 15.1. The van der Waals surface area contributed by atoms with Crippen molar-refractivity contribution in [1.82, 2.24) is 5.32 Å². The molecule has 0 heterocycles. The van der Waals surface area contributed by atoms with Gasteiger partial charge >= 0.3 is 0 Å². The average molecular weight is 193 g/mol. The predicted molar refractivity (Wildman–Crippen MR) is 59.2 cm³/mol. The van der Waals surface area contributed by atoms with Gasteiger partial charge in [0.15, 0.2) is 0 Å². The molecular weight excluding hydrogens is 174 g/mol. The second kappa shape index (κ2) is 5.78. The van der Waals surface area contributed by atoms with E-state index in [9.17, 15) is 5.11 Å². The Morgan fingerprint density at radius 2 is 1.93 bits per heavy atom. The first-order valence-corrected chi connectivity index (χ1v) is 5.20. The molecule has 2 atom stereocenters. The van der Waals surface area contributed by atoms with Crippen LogP contribution in [0.15, 0.2) is 30.3 Å². The molecular formula is C12H19NO. The van der Waals surface area contributed by atoms with Gasteiger partial charge in [-0.1, -0.05) is 37.3 Å². The number of nitrogens with one attached hydrogen (secondary N) is 1. The summed E-state index contributed by atoms with van der Waals surface area (Å²) < 4.78 is 0. The smallest absolute Gasteiger partial charge is 0.0636 e. The van der Waals surface area contributed by atoms with Crippen molar-refractivity contribution in [2.24, 2.45) is 0 Å². The number of hydrogen-bond acceptors (Lipinski definition) is 2. The third-order valence-corrected chi connectivity index (χ3v) is 2.27. The molecule has 0 bridgehead atoms. The minimum atomic E-state index is -0.284. The summed E-state index contributed by atoms with van der Waals surface area (Å²) in [5.74, 6) is 0. The van der Waals surface area contributed by atoms with Crippen molar-refractivity contribution in [1.29, 1.82) is 0 Å². The van der Waals surface area contributed by atoms with Gasteiger partial charge in [0.2, 0.25) is 0 Å². The lowest BCUT2D eigenvalue weighted by Gasteiger charge is -2.18. The van der Waals surface area contributed by atoms with Crippen LogP contribution in [0.5, 0.6) is 0 Å². The summed E-state index contributed by atoms with van der Waals surface area (Å²) >= 11 is 0. The first-order chi connectivity index (χ1) is 6.74. The lowest BCUT2D eigenvalue weighted by molar-refractivity contribution is 0.185. The number of aliphatic hydroxyl groups excluding tert-OH is 1. The van der Waals surface area contributed by atoms with Gasteiger partial charge < -0.3 is 10.4 Å². The van der Waals surface area contributed by atoms with E-state index in [0.29, 0.717) is 12.6 Å². The monoisotopic (exact) mass is 193 g/mol. The van der Waals surface area contributed by atoms with Gasteiger partial charge in [-0.25, -0.2) is 0 Å². The van der Waals surface area contributed by atoms with Gasteiger partial charge in [0.1, 0.15) is 0 Å². The van der Waals surface area contributed by atoms with E-state index < -0.39 is 0 Å². The Kier molecular flexibility index (Phi) is 4.63. The largest absolute Gasteiger partial charge is 0.392 e. The van der Waals surface area contributed by atoms with Crippen LogP contribution in [0.25, 0.3) is 0 Å². The molecule has 1 aromatic rings. The molecule has 2 N–H and O–H groups in total. The zero-order valence-corrected chi connectivity index (χ0v) is 8.90. The van der Waals surface area contributed by atoms with Crippen LogP contribution in [-0.4, -0.2) is 17.8 Å². The minimum absolute atomic E-state index is 0.284. The summed E-state index contributed by atoms with van der Waals surface area (Å²) in [7, 11) is 0. The molecule has 78 valence electrons. The van der Waals surface area contributed by atoms with E-state index in [4.69, 9.17) is 0 Å². The van der Waals surface area contributed by atoms with Crippen molar-refractivity contribution >= 4 is 0 Å². The van der Waals surface area contributed by atoms with Crippen molar-refractivity contribution in [3.63, 3.8) is 0 Å². The second-order valence-corrected chi connectivity index (χ2v) is 3.63. The quantitative estimate of drug-likeness (QED) is 0.750. The highest BCUT2D eigenvalue weighted by molar-refractivity contribution is 5.18. The summed E-state index contributed by atoms with van der Waals surface area (Å²) in [6.07, 6.45) is 0.754. The van der Waals surface area contributed by atoms with Crippen molar-refractivity contribution in [3.8, 4) is 0 Å². The lowest BCUT2D eigenvalue weighted by Crippen LogP contribution is -2.28.